The van der Waals surface area contributed by atoms with Gasteiger partial charge in [-0.1, -0.05) is 6.07 Å². The number of nitrogens with one attached hydrogen (secondary N) is 4. The maximum Gasteiger partial charge on any atom is 0.241 e. The number of tetrazole rings is 1. The van der Waals surface area contributed by atoms with E-state index in [0.717, 1.165) is 12.6 Å². The van der Waals surface area contributed by atoms with Crippen LogP contribution < -0.4 is 26.2 Å². The first kappa shape index (κ1) is 23.1. The first-order chi connectivity index (χ1) is 15.7. The van der Waals surface area contributed by atoms with E-state index in [4.69, 9.17) is 10.9 Å². The van der Waals surface area contributed by atoms with E-state index in [1.165, 1.54) is 12.3 Å². The molecule has 0 aliphatic carbocycles. The van der Waals surface area contributed by atoms with E-state index in [-0.39, 0.29) is 35.4 Å². The molecule has 33 heavy (non-hydrogen) atoms. The highest BCUT2D eigenvalue weighted by molar-refractivity contribution is 7.92. The summed E-state index contributed by atoms with van der Waals surface area (Å²) in [6.07, 6.45) is 1.46. The third-order valence-electron chi connectivity index (χ3n) is 5.05. The Morgan fingerprint density at radius 3 is 2.58 bits per heavy atom. The molecular formula is C17H22N10O4S2. The van der Waals surface area contributed by atoms with Crippen molar-refractivity contribution in [2.45, 2.75) is 15.8 Å². The van der Waals surface area contributed by atoms with Crippen LogP contribution in [0.5, 0.6) is 0 Å². The smallest absolute Gasteiger partial charge is 0.241 e. The van der Waals surface area contributed by atoms with Crippen LogP contribution in [-0.2, 0) is 20.0 Å². The zero-order valence-electron chi connectivity index (χ0n) is 17.2. The summed E-state index contributed by atoms with van der Waals surface area (Å²) >= 11 is 0. The highest BCUT2D eigenvalue weighted by Crippen LogP contribution is 2.39. The number of hydrogen-bond acceptors (Lipinski definition) is 11. The number of pyridine rings is 1. The summed E-state index contributed by atoms with van der Waals surface area (Å²) in [7, 11) is -8.89. The van der Waals surface area contributed by atoms with Gasteiger partial charge in [0, 0.05) is 44.0 Å². The van der Waals surface area contributed by atoms with Gasteiger partial charge in [-0.15, -0.1) is 5.10 Å². The summed E-state index contributed by atoms with van der Waals surface area (Å²) in [6.45, 7) is 2.04. The largest absolute Gasteiger partial charge is 0.383 e. The van der Waals surface area contributed by atoms with Crippen LogP contribution in [-0.4, -0.2) is 74.7 Å². The highest BCUT2D eigenvalue weighted by Gasteiger charge is 2.32. The monoisotopic (exact) mass is 494 g/mol. The van der Waals surface area contributed by atoms with Crippen LogP contribution in [0, 0.1) is 0 Å². The van der Waals surface area contributed by atoms with Gasteiger partial charge in [0.15, 0.2) is 5.82 Å². The third-order valence-corrected chi connectivity index (χ3v) is 7.64. The van der Waals surface area contributed by atoms with Crippen molar-refractivity contribution in [3.05, 3.63) is 30.5 Å². The van der Waals surface area contributed by atoms with E-state index >= 15 is 0 Å². The SMILES string of the molecule is Nc1ncccc1-c1ccc(S(=O)(=O)NCC2CNCCN2)c(S(N)(=O)=O)c1-c1nnn[nH]1. The van der Waals surface area contributed by atoms with Crippen LogP contribution in [0.2, 0.25) is 0 Å². The second-order valence-electron chi connectivity index (χ2n) is 7.25. The Balaban J connectivity index is 1.90. The standard InChI is InChI=1S/C17H22N10O4S2/c18-16-12(2-1-5-22-16)11-3-4-13(33(30,31)23-9-10-8-20-6-7-21-10)15(32(19,28)29)14(11)17-24-26-27-25-17/h1-5,10,20-21,23H,6-9H2,(H2,18,22)(H2,19,28,29)(H,24,25,26,27). The van der Waals surface area contributed by atoms with Crippen LogP contribution in [0.4, 0.5) is 5.82 Å². The second-order valence-corrected chi connectivity index (χ2v) is 10.5. The lowest BCUT2D eigenvalue weighted by molar-refractivity contribution is 0.414. The van der Waals surface area contributed by atoms with Gasteiger partial charge < -0.3 is 16.4 Å². The van der Waals surface area contributed by atoms with Gasteiger partial charge in [0.25, 0.3) is 0 Å². The maximum absolute atomic E-state index is 13.2. The summed E-state index contributed by atoms with van der Waals surface area (Å²) in [5, 5.41) is 25.1. The van der Waals surface area contributed by atoms with Gasteiger partial charge in [0.1, 0.15) is 15.6 Å². The van der Waals surface area contributed by atoms with Crippen molar-refractivity contribution in [1.82, 2.24) is 41.0 Å². The summed E-state index contributed by atoms with van der Waals surface area (Å²) in [6, 6.07) is 5.60. The molecular weight excluding hydrogens is 472 g/mol. The van der Waals surface area contributed by atoms with Crippen molar-refractivity contribution in [3.63, 3.8) is 0 Å². The van der Waals surface area contributed by atoms with Crippen LogP contribution >= 0.6 is 0 Å². The van der Waals surface area contributed by atoms with E-state index in [1.54, 1.807) is 12.1 Å². The Morgan fingerprint density at radius 2 is 1.94 bits per heavy atom. The molecule has 2 aromatic heterocycles. The van der Waals surface area contributed by atoms with Gasteiger partial charge in [-0.05, 0) is 34.2 Å². The first-order valence-corrected chi connectivity index (χ1v) is 12.8. The number of nitrogens with zero attached hydrogens (tertiary/aromatic N) is 4. The average molecular weight is 495 g/mol. The topological polar surface area (TPSA) is 224 Å². The lowest BCUT2D eigenvalue weighted by Gasteiger charge is -2.25. The minimum atomic E-state index is -4.58. The lowest BCUT2D eigenvalue weighted by atomic mass is 9.99. The van der Waals surface area contributed by atoms with Gasteiger partial charge in [-0.2, -0.15) is 0 Å². The molecule has 14 nitrogen and oxygen atoms in total. The molecule has 8 N–H and O–H groups in total. The highest BCUT2D eigenvalue weighted by atomic mass is 32.2. The Kier molecular flexibility index (Phi) is 6.37. The van der Waals surface area contributed by atoms with E-state index in [1.807, 2.05) is 0 Å². The van der Waals surface area contributed by atoms with Gasteiger partial charge in [0.2, 0.25) is 20.0 Å². The van der Waals surface area contributed by atoms with Crippen molar-refractivity contribution in [2.75, 3.05) is 31.9 Å². The van der Waals surface area contributed by atoms with Gasteiger partial charge in [-0.25, -0.2) is 36.8 Å². The molecule has 0 saturated carbocycles. The molecule has 1 unspecified atom stereocenters. The van der Waals surface area contributed by atoms with Gasteiger partial charge >= 0.3 is 0 Å². The molecule has 176 valence electrons. The zero-order valence-corrected chi connectivity index (χ0v) is 18.8. The fourth-order valence-electron chi connectivity index (χ4n) is 3.57. The molecule has 0 spiro atoms. The molecule has 1 saturated heterocycles. The fourth-order valence-corrected chi connectivity index (χ4v) is 6.26. The predicted octanol–water partition coefficient (Wildman–Crippen LogP) is -2.00. The number of nitrogen functional groups attached to an aromatic ring is 1. The molecule has 16 heteroatoms. The molecule has 3 aromatic rings. The molecule has 1 atom stereocenters. The number of nitrogens with two attached hydrogens (primary N) is 2. The Morgan fingerprint density at radius 1 is 1.12 bits per heavy atom. The summed E-state index contributed by atoms with van der Waals surface area (Å²) in [5.74, 6) is -0.0105. The molecule has 4 rings (SSSR count). The fraction of sp³-hybridized carbons (Fsp3) is 0.294. The van der Waals surface area contributed by atoms with Crippen LogP contribution in [0.25, 0.3) is 22.5 Å². The number of primary sulfonamides is 1. The van der Waals surface area contributed by atoms with Crippen molar-refractivity contribution in [2.24, 2.45) is 5.14 Å². The maximum atomic E-state index is 13.2. The minimum Gasteiger partial charge on any atom is -0.383 e. The minimum absolute atomic E-state index is 0.0376. The Labute approximate surface area is 189 Å². The van der Waals surface area contributed by atoms with E-state index < -0.39 is 29.8 Å². The molecule has 0 bridgehead atoms. The first-order valence-electron chi connectivity index (χ1n) is 9.77. The zero-order chi connectivity index (χ0) is 23.6. The average Bonchev–Trinajstić information content (AvgIpc) is 3.32. The summed E-state index contributed by atoms with van der Waals surface area (Å²) in [4.78, 5) is 2.82. The number of anilines is 1. The number of hydrogen-bond donors (Lipinski definition) is 6. The van der Waals surface area contributed by atoms with E-state index in [0.29, 0.717) is 18.7 Å². The number of sulfonamides is 2. The number of piperazine rings is 1. The number of H-pyrrole nitrogens is 1. The third kappa shape index (κ3) is 4.85. The molecule has 1 aliphatic heterocycles. The molecule has 1 aliphatic rings. The molecule has 1 aromatic carbocycles. The number of aromatic nitrogens is 5. The van der Waals surface area contributed by atoms with Gasteiger partial charge in [0.05, 0.1) is 5.56 Å². The van der Waals surface area contributed by atoms with Crippen LogP contribution in [0.3, 0.4) is 0 Å². The van der Waals surface area contributed by atoms with Crippen molar-refractivity contribution >= 4 is 25.9 Å². The number of benzene rings is 1. The summed E-state index contributed by atoms with van der Waals surface area (Å²) in [5.41, 5.74) is 6.44. The van der Waals surface area contributed by atoms with E-state index in [2.05, 4.69) is 41.0 Å². The molecule has 0 radical (unpaired) electrons. The predicted molar refractivity (Wildman–Crippen MR) is 118 cm³/mol. The van der Waals surface area contributed by atoms with Crippen molar-refractivity contribution in [1.29, 1.82) is 0 Å². The lowest BCUT2D eigenvalue weighted by Crippen LogP contribution is -2.53. The normalized spacial score (nSPS) is 17.2. The Hall–Kier alpha value is -3.02. The number of rotatable bonds is 7. The van der Waals surface area contributed by atoms with Gasteiger partial charge in [-0.3, -0.25) is 0 Å². The molecule has 3 heterocycles. The van der Waals surface area contributed by atoms with Crippen LogP contribution in [0.15, 0.2) is 40.3 Å². The van der Waals surface area contributed by atoms with E-state index in [9.17, 15) is 16.8 Å². The molecule has 1 fully saturated rings. The summed E-state index contributed by atoms with van der Waals surface area (Å²) < 4.78 is 54.3. The molecule has 0 amide bonds. The Bertz CT molecular complexity index is 1350. The van der Waals surface area contributed by atoms with Crippen molar-refractivity contribution < 1.29 is 16.8 Å². The van der Waals surface area contributed by atoms with Crippen LogP contribution in [0.1, 0.15) is 0 Å². The quantitative estimate of drug-likeness (QED) is 0.210. The second kappa shape index (κ2) is 9.08. The number of aromatic amines is 1. The van der Waals surface area contributed by atoms with Crippen molar-refractivity contribution in [3.8, 4) is 22.5 Å².